The van der Waals surface area contributed by atoms with Gasteiger partial charge in [-0.25, -0.2) is 4.79 Å². The Balaban J connectivity index is 1.44. The first-order chi connectivity index (χ1) is 16.0. The van der Waals surface area contributed by atoms with E-state index < -0.39 is 5.97 Å². The van der Waals surface area contributed by atoms with E-state index in [1.165, 1.54) is 11.3 Å². The Bertz CT molecular complexity index is 1500. The van der Waals surface area contributed by atoms with E-state index >= 15 is 0 Å². The molecule has 33 heavy (non-hydrogen) atoms. The summed E-state index contributed by atoms with van der Waals surface area (Å²) < 4.78 is 2.04. The molecule has 1 unspecified atom stereocenters. The molecule has 2 N–H and O–H groups in total. The lowest BCUT2D eigenvalue weighted by Gasteiger charge is -2.14. The van der Waals surface area contributed by atoms with Gasteiger partial charge in [-0.05, 0) is 43.3 Å². The molecule has 5 rings (SSSR count). The number of thiophene rings is 1. The summed E-state index contributed by atoms with van der Waals surface area (Å²) in [4.78, 5) is 30.2. The highest BCUT2D eigenvalue weighted by molar-refractivity contribution is 7.14. The van der Waals surface area contributed by atoms with Gasteiger partial charge in [0.25, 0.3) is 5.91 Å². The molecule has 7 heteroatoms. The summed E-state index contributed by atoms with van der Waals surface area (Å²) in [5.74, 6) is -1.17. The van der Waals surface area contributed by atoms with Crippen LogP contribution in [0.4, 0.5) is 0 Å². The van der Waals surface area contributed by atoms with E-state index in [4.69, 9.17) is 10.1 Å². The van der Waals surface area contributed by atoms with Gasteiger partial charge in [-0.15, -0.1) is 11.3 Å². The highest BCUT2D eigenvalue weighted by Gasteiger charge is 2.18. The number of rotatable bonds is 6. The van der Waals surface area contributed by atoms with Crippen LogP contribution in [0.15, 0.2) is 79.0 Å². The number of carboxylic acids is 1. The summed E-state index contributed by atoms with van der Waals surface area (Å²) in [6, 6.07) is 22.7. The maximum atomic E-state index is 13.2. The number of carbonyl (C=O) groups excluding carboxylic acids is 1. The quantitative estimate of drug-likeness (QED) is 0.355. The largest absolute Gasteiger partial charge is 0.477 e. The van der Waals surface area contributed by atoms with Gasteiger partial charge in [0, 0.05) is 21.8 Å². The van der Waals surface area contributed by atoms with E-state index in [9.17, 15) is 9.59 Å². The zero-order valence-electron chi connectivity index (χ0n) is 17.9. The number of hydrogen-bond acceptors (Lipinski definition) is 4. The average Bonchev–Trinajstić information content (AvgIpc) is 3.47. The van der Waals surface area contributed by atoms with E-state index in [0.29, 0.717) is 12.1 Å². The van der Waals surface area contributed by atoms with Gasteiger partial charge >= 0.3 is 5.97 Å². The van der Waals surface area contributed by atoms with Crippen LogP contribution in [-0.2, 0) is 6.54 Å². The van der Waals surface area contributed by atoms with Gasteiger partial charge in [-0.2, -0.15) is 0 Å². The molecular formula is C26H21N3O3S. The van der Waals surface area contributed by atoms with E-state index in [0.717, 1.165) is 32.4 Å². The predicted octanol–water partition coefficient (Wildman–Crippen LogP) is 5.49. The topological polar surface area (TPSA) is 84.2 Å². The van der Waals surface area contributed by atoms with E-state index in [1.54, 1.807) is 12.1 Å². The normalized spacial score (nSPS) is 12.2. The number of fused-ring (bicyclic) bond motifs is 2. The molecule has 0 fully saturated rings. The Kier molecular flexibility index (Phi) is 5.40. The van der Waals surface area contributed by atoms with Crippen molar-refractivity contribution in [3.63, 3.8) is 0 Å². The third-order valence-electron chi connectivity index (χ3n) is 5.63. The van der Waals surface area contributed by atoms with E-state index in [-0.39, 0.29) is 16.8 Å². The number of aromatic carboxylic acids is 1. The van der Waals surface area contributed by atoms with Crippen LogP contribution in [0.1, 0.15) is 43.6 Å². The lowest BCUT2D eigenvalue weighted by molar-refractivity contribution is 0.0702. The molecule has 0 aliphatic heterocycles. The van der Waals surface area contributed by atoms with Crippen LogP contribution in [-0.4, -0.2) is 26.5 Å². The number of carbonyl (C=O) groups is 2. The number of nitrogens with one attached hydrogen (secondary N) is 1. The van der Waals surface area contributed by atoms with Crippen molar-refractivity contribution in [1.29, 1.82) is 0 Å². The van der Waals surface area contributed by atoms with Gasteiger partial charge in [0.05, 0.1) is 34.9 Å². The predicted molar refractivity (Wildman–Crippen MR) is 130 cm³/mol. The van der Waals surface area contributed by atoms with Gasteiger partial charge in [-0.3, -0.25) is 9.78 Å². The van der Waals surface area contributed by atoms with Crippen LogP contribution in [0.25, 0.3) is 21.8 Å². The van der Waals surface area contributed by atoms with Gasteiger partial charge in [-0.1, -0.05) is 36.4 Å². The number of para-hydroxylation sites is 2. The molecule has 0 aliphatic rings. The second-order valence-corrected chi connectivity index (χ2v) is 9.00. The number of benzene rings is 2. The fourth-order valence-electron chi connectivity index (χ4n) is 3.99. The van der Waals surface area contributed by atoms with Crippen molar-refractivity contribution in [1.82, 2.24) is 14.9 Å². The highest BCUT2D eigenvalue weighted by Crippen LogP contribution is 2.26. The van der Waals surface area contributed by atoms with Gasteiger partial charge < -0.3 is 15.0 Å². The lowest BCUT2D eigenvalue weighted by Crippen LogP contribution is -2.26. The minimum Gasteiger partial charge on any atom is -0.477 e. The summed E-state index contributed by atoms with van der Waals surface area (Å²) in [6.07, 6.45) is 1.97. The standard InChI is InChI=1S/C26H21N3O3S/c1-16(22-11-12-23(33-22)26(31)32)27-25(30)20-7-4-6-18-13-14-29(24(18)20)15-19-10-9-17-5-2-3-8-21(17)28-19/h2-14,16H,15H2,1H3,(H,27,30)(H,31,32). The smallest absolute Gasteiger partial charge is 0.345 e. The Hall–Kier alpha value is -3.97. The SMILES string of the molecule is CC(NC(=O)c1cccc2ccn(Cc3ccc4ccccc4n3)c12)c1ccc(C(=O)O)s1. The summed E-state index contributed by atoms with van der Waals surface area (Å²) in [5, 5.41) is 14.2. The Morgan fingerprint density at radius 1 is 1.00 bits per heavy atom. The first kappa shape index (κ1) is 20.9. The molecule has 3 aromatic heterocycles. The second kappa shape index (κ2) is 8.52. The molecule has 1 atom stereocenters. The van der Waals surface area contributed by atoms with E-state index in [1.807, 2.05) is 72.3 Å². The Labute approximate surface area is 194 Å². The molecule has 0 spiro atoms. The number of nitrogens with zero attached hydrogens (tertiary/aromatic N) is 2. The summed E-state index contributed by atoms with van der Waals surface area (Å²) in [7, 11) is 0. The number of carboxylic acid groups (broad SMARTS) is 1. The molecule has 0 radical (unpaired) electrons. The zero-order chi connectivity index (χ0) is 22.9. The van der Waals surface area contributed by atoms with Crippen molar-refractivity contribution >= 4 is 45.0 Å². The number of hydrogen-bond donors (Lipinski definition) is 2. The number of amides is 1. The summed E-state index contributed by atoms with van der Waals surface area (Å²) in [5.41, 5.74) is 3.26. The molecule has 5 aromatic rings. The highest BCUT2D eigenvalue weighted by atomic mass is 32.1. The van der Waals surface area contributed by atoms with Crippen LogP contribution in [0, 0.1) is 0 Å². The van der Waals surface area contributed by atoms with Crippen molar-refractivity contribution in [2.24, 2.45) is 0 Å². The average molecular weight is 456 g/mol. The minimum atomic E-state index is -0.963. The van der Waals surface area contributed by atoms with Crippen LogP contribution in [0.3, 0.4) is 0 Å². The third-order valence-corrected chi connectivity index (χ3v) is 6.89. The molecule has 0 bridgehead atoms. The molecule has 0 saturated carbocycles. The van der Waals surface area contributed by atoms with Crippen LogP contribution in [0.5, 0.6) is 0 Å². The Morgan fingerprint density at radius 2 is 1.82 bits per heavy atom. The molecule has 6 nitrogen and oxygen atoms in total. The second-order valence-electron chi connectivity index (χ2n) is 7.88. The van der Waals surface area contributed by atoms with Crippen molar-refractivity contribution in [2.45, 2.75) is 19.5 Å². The van der Waals surface area contributed by atoms with E-state index in [2.05, 4.69) is 11.4 Å². The maximum absolute atomic E-state index is 13.2. The third kappa shape index (κ3) is 4.10. The van der Waals surface area contributed by atoms with Crippen molar-refractivity contribution < 1.29 is 14.7 Å². The maximum Gasteiger partial charge on any atom is 0.345 e. The molecule has 164 valence electrons. The number of pyridine rings is 1. The lowest BCUT2D eigenvalue weighted by atomic mass is 10.1. The molecule has 1 amide bonds. The van der Waals surface area contributed by atoms with Gasteiger partial charge in [0.15, 0.2) is 0 Å². The molecule has 2 aromatic carbocycles. The minimum absolute atomic E-state index is 0.204. The fourth-order valence-corrected chi connectivity index (χ4v) is 4.84. The fraction of sp³-hybridized carbons (Fsp3) is 0.115. The van der Waals surface area contributed by atoms with Crippen molar-refractivity contribution in [3.8, 4) is 0 Å². The Morgan fingerprint density at radius 3 is 2.64 bits per heavy atom. The monoisotopic (exact) mass is 455 g/mol. The van der Waals surface area contributed by atoms with Crippen LogP contribution < -0.4 is 5.32 Å². The molecule has 0 saturated heterocycles. The number of aromatic nitrogens is 2. The van der Waals surface area contributed by atoms with Gasteiger partial charge in [0.2, 0.25) is 0 Å². The summed E-state index contributed by atoms with van der Waals surface area (Å²) >= 11 is 1.17. The molecular weight excluding hydrogens is 434 g/mol. The summed E-state index contributed by atoms with van der Waals surface area (Å²) in [6.45, 7) is 2.40. The van der Waals surface area contributed by atoms with Gasteiger partial charge in [0.1, 0.15) is 4.88 Å². The first-order valence-electron chi connectivity index (χ1n) is 10.6. The molecule has 0 aliphatic carbocycles. The van der Waals surface area contributed by atoms with Crippen molar-refractivity contribution in [2.75, 3.05) is 0 Å². The molecule has 3 heterocycles. The zero-order valence-corrected chi connectivity index (χ0v) is 18.7. The van der Waals surface area contributed by atoms with Crippen LogP contribution >= 0.6 is 11.3 Å². The first-order valence-corrected chi connectivity index (χ1v) is 11.4. The van der Waals surface area contributed by atoms with Crippen LogP contribution in [0.2, 0.25) is 0 Å². The van der Waals surface area contributed by atoms with Crippen molar-refractivity contribution in [3.05, 3.63) is 100 Å².